The van der Waals surface area contributed by atoms with Crippen molar-refractivity contribution in [2.24, 2.45) is 11.8 Å². The van der Waals surface area contributed by atoms with Crippen molar-refractivity contribution in [1.82, 2.24) is 10.6 Å². The van der Waals surface area contributed by atoms with Gasteiger partial charge < -0.3 is 10.6 Å². The van der Waals surface area contributed by atoms with Crippen molar-refractivity contribution in [2.45, 2.75) is 70.8 Å². The van der Waals surface area contributed by atoms with Crippen LogP contribution in [0.25, 0.3) is 0 Å². The quantitative estimate of drug-likeness (QED) is 0.803. The van der Waals surface area contributed by atoms with Gasteiger partial charge >= 0.3 is 0 Å². The molecular weight excluding hydrogens is 236 g/mol. The van der Waals surface area contributed by atoms with E-state index < -0.39 is 0 Å². The highest BCUT2D eigenvalue weighted by Crippen LogP contribution is 2.27. The molecule has 1 saturated carbocycles. The van der Waals surface area contributed by atoms with E-state index in [9.17, 15) is 4.79 Å². The van der Waals surface area contributed by atoms with E-state index in [4.69, 9.17) is 0 Å². The van der Waals surface area contributed by atoms with Crippen LogP contribution >= 0.6 is 0 Å². The highest BCUT2D eigenvalue weighted by Gasteiger charge is 2.25. The van der Waals surface area contributed by atoms with Gasteiger partial charge in [0.15, 0.2) is 0 Å². The Bertz CT molecular complexity index is 274. The molecule has 0 radical (unpaired) electrons. The lowest BCUT2D eigenvalue weighted by atomic mass is 9.83. The summed E-state index contributed by atoms with van der Waals surface area (Å²) in [5.74, 6) is 1.72. The summed E-state index contributed by atoms with van der Waals surface area (Å²) in [5.41, 5.74) is 0. The summed E-state index contributed by atoms with van der Waals surface area (Å²) >= 11 is 0. The highest BCUT2D eigenvalue weighted by atomic mass is 16.1. The Morgan fingerprint density at radius 2 is 2.05 bits per heavy atom. The van der Waals surface area contributed by atoms with Crippen LogP contribution in [0.4, 0.5) is 0 Å². The van der Waals surface area contributed by atoms with Crippen LogP contribution in [-0.4, -0.2) is 25.0 Å². The maximum absolute atomic E-state index is 12.1. The van der Waals surface area contributed by atoms with E-state index in [2.05, 4.69) is 17.6 Å². The molecule has 1 amide bonds. The largest absolute Gasteiger partial charge is 0.353 e. The lowest BCUT2D eigenvalue weighted by molar-refractivity contribution is -0.122. The van der Waals surface area contributed by atoms with Crippen molar-refractivity contribution >= 4 is 5.91 Å². The van der Waals surface area contributed by atoms with Gasteiger partial charge in [-0.15, -0.1) is 0 Å². The van der Waals surface area contributed by atoms with Gasteiger partial charge in [-0.1, -0.05) is 26.2 Å². The average molecular weight is 266 g/mol. The van der Waals surface area contributed by atoms with Crippen LogP contribution in [0.5, 0.6) is 0 Å². The number of hydrogen-bond donors (Lipinski definition) is 2. The summed E-state index contributed by atoms with van der Waals surface area (Å²) in [7, 11) is 0. The normalized spacial score (nSPS) is 31.9. The minimum absolute atomic E-state index is 0.288. The Balaban J connectivity index is 1.67. The minimum Gasteiger partial charge on any atom is -0.353 e. The first kappa shape index (κ1) is 14.8. The Hall–Kier alpha value is -0.570. The molecule has 0 aromatic carbocycles. The predicted molar refractivity (Wildman–Crippen MR) is 79.0 cm³/mol. The molecule has 1 heterocycles. The van der Waals surface area contributed by atoms with E-state index in [1.807, 2.05) is 0 Å². The number of carbonyl (C=O) groups is 1. The van der Waals surface area contributed by atoms with Crippen molar-refractivity contribution < 1.29 is 4.79 Å². The molecule has 0 spiro atoms. The third-order valence-corrected chi connectivity index (χ3v) is 4.96. The number of carbonyl (C=O) groups excluding carboxylic acids is 1. The van der Waals surface area contributed by atoms with Crippen LogP contribution < -0.4 is 10.6 Å². The van der Waals surface area contributed by atoms with Crippen LogP contribution in [0.3, 0.4) is 0 Å². The molecule has 110 valence electrons. The topological polar surface area (TPSA) is 41.1 Å². The van der Waals surface area contributed by atoms with Gasteiger partial charge in [0.2, 0.25) is 5.91 Å². The van der Waals surface area contributed by atoms with E-state index in [1.165, 1.54) is 44.9 Å². The zero-order valence-corrected chi connectivity index (χ0v) is 12.4. The molecule has 0 aromatic heterocycles. The van der Waals surface area contributed by atoms with Gasteiger partial charge in [-0.25, -0.2) is 0 Å². The van der Waals surface area contributed by atoms with Gasteiger partial charge in [-0.3, -0.25) is 4.79 Å². The third-order valence-electron chi connectivity index (χ3n) is 4.96. The summed E-state index contributed by atoms with van der Waals surface area (Å²) in [6.45, 7) is 4.51. The second kappa shape index (κ2) is 7.88. The van der Waals surface area contributed by atoms with Crippen molar-refractivity contribution in [2.75, 3.05) is 13.1 Å². The van der Waals surface area contributed by atoms with Crippen LogP contribution in [0.1, 0.15) is 64.7 Å². The maximum Gasteiger partial charge on any atom is 0.220 e. The molecule has 0 aromatic rings. The Kier molecular flexibility index (Phi) is 6.15. The smallest absolute Gasteiger partial charge is 0.220 e. The summed E-state index contributed by atoms with van der Waals surface area (Å²) in [5, 5.41) is 6.72. The van der Waals surface area contributed by atoms with E-state index in [0.29, 0.717) is 17.9 Å². The zero-order valence-electron chi connectivity index (χ0n) is 12.4. The number of amides is 1. The second-order valence-corrected chi connectivity index (χ2v) is 6.38. The standard InChI is InChI=1S/C16H30N2O/c1-2-14-7-3-4-8-15(14)18-16(19)10-9-13-6-5-11-17-12-13/h13-15,17H,2-12H2,1H3,(H,18,19). The number of rotatable bonds is 5. The monoisotopic (exact) mass is 266 g/mol. The second-order valence-electron chi connectivity index (χ2n) is 6.38. The van der Waals surface area contributed by atoms with E-state index >= 15 is 0 Å². The predicted octanol–water partition coefficient (Wildman–Crippen LogP) is 2.85. The molecule has 19 heavy (non-hydrogen) atoms. The van der Waals surface area contributed by atoms with Crippen molar-refractivity contribution in [1.29, 1.82) is 0 Å². The molecule has 2 fully saturated rings. The van der Waals surface area contributed by atoms with E-state index in [1.54, 1.807) is 0 Å². The fourth-order valence-electron chi connectivity index (χ4n) is 3.67. The summed E-state index contributed by atoms with van der Waals surface area (Å²) < 4.78 is 0. The van der Waals surface area contributed by atoms with Crippen molar-refractivity contribution in [3.8, 4) is 0 Å². The van der Waals surface area contributed by atoms with Crippen LogP contribution in [0.15, 0.2) is 0 Å². The number of hydrogen-bond acceptors (Lipinski definition) is 2. The maximum atomic E-state index is 12.1. The summed E-state index contributed by atoms with van der Waals surface area (Å²) in [6, 6.07) is 0.454. The van der Waals surface area contributed by atoms with E-state index in [0.717, 1.165) is 25.9 Å². The Morgan fingerprint density at radius 3 is 2.79 bits per heavy atom. The molecule has 3 nitrogen and oxygen atoms in total. The molecule has 3 unspecified atom stereocenters. The lowest BCUT2D eigenvalue weighted by Gasteiger charge is -2.31. The van der Waals surface area contributed by atoms with Crippen LogP contribution in [-0.2, 0) is 4.79 Å². The molecule has 0 bridgehead atoms. The van der Waals surface area contributed by atoms with Gasteiger partial charge in [0.1, 0.15) is 0 Å². The lowest BCUT2D eigenvalue weighted by Crippen LogP contribution is -2.42. The minimum atomic E-state index is 0.288. The SMILES string of the molecule is CCC1CCCCC1NC(=O)CCC1CCCNC1. The molecule has 2 N–H and O–H groups in total. The fraction of sp³-hybridized carbons (Fsp3) is 0.938. The van der Waals surface area contributed by atoms with Gasteiger partial charge in [0, 0.05) is 12.5 Å². The molecule has 1 aliphatic carbocycles. The molecule has 2 aliphatic rings. The van der Waals surface area contributed by atoms with Crippen molar-refractivity contribution in [3.05, 3.63) is 0 Å². The average Bonchev–Trinajstić information content (AvgIpc) is 2.47. The third kappa shape index (κ3) is 4.79. The molecular formula is C16H30N2O. The first-order valence-electron chi connectivity index (χ1n) is 8.29. The van der Waals surface area contributed by atoms with Gasteiger partial charge in [0.05, 0.1) is 0 Å². The van der Waals surface area contributed by atoms with Gasteiger partial charge in [-0.05, 0) is 57.0 Å². The molecule has 3 atom stereocenters. The molecule has 3 heteroatoms. The van der Waals surface area contributed by atoms with Crippen LogP contribution in [0.2, 0.25) is 0 Å². The van der Waals surface area contributed by atoms with E-state index in [-0.39, 0.29) is 5.91 Å². The van der Waals surface area contributed by atoms with Gasteiger partial charge in [0.25, 0.3) is 0 Å². The molecule has 1 saturated heterocycles. The number of nitrogens with one attached hydrogen (secondary N) is 2. The Morgan fingerprint density at radius 1 is 1.21 bits per heavy atom. The summed E-state index contributed by atoms with van der Waals surface area (Å²) in [6.07, 6.45) is 10.7. The fourth-order valence-corrected chi connectivity index (χ4v) is 3.67. The zero-order chi connectivity index (χ0) is 13.5. The van der Waals surface area contributed by atoms with Crippen LogP contribution in [0, 0.1) is 11.8 Å². The van der Waals surface area contributed by atoms with Gasteiger partial charge in [-0.2, -0.15) is 0 Å². The molecule has 1 aliphatic heterocycles. The number of piperidine rings is 1. The van der Waals surface area contributed by atoms with Crippen molar-refractivity contribution in [3.63, 3.8) is 0 Å². The Labute approximate surface area is 117 Å². The first-order valence-corrected chi connectivity index (χ1v) is 8.29. The molecule has 2 rings (SSSR count). The first-order chi connectivity index (χ1) is 9.29. The summed E-state index contributed by atoms with van der Waals surface area (Å²) in [4.78, 5) is 12.1. The highest BCUT2D eigenvalue weighted by molar-refractivity contribution is 5.76.